The Morgan fingerprint density at radius 3 is 2.62 bits per heavy atom. The van der Waals surface area contributed by atoms with Crippen LogP contribution in [0.4, 0.5) is 5.69 Å². The number of para-hydroxylation sites is 1. The van der Waals surface area contributed by atoms with E-state index in [2.05, 4.69) is 26.6 Å². The van der Waals surface area contributed by atoms with Crippen LogP contribution in [0.2, 0.25) is 0 Å². The van der Waals surface area contributed by atoms with Crippen molar-refractivity contribution in [2.75, 3.05) is 18.5 Å². The maximum absolute atomic E-state index is 12.3. The largest absolute Gasteiger partial charge is 0.493 e. The average Bonchev–Trinajstić information content (AvgIpc) is 2.60. The van der Waals surface area contributed by atoms with Crippen molar-refractivity contribution in [1.82, 2.24) is 5.32 Å². The van der Waals surface area contributed by atoms with Crippen molar-refractivity contribution in [1.29, 1.82) is 0 Å². The Morgan fingerprint density at radius 2 is 1.88 bits per heavy atom. The molecule has 26 heavy (non-hydrogen) atoms. The molecule has 0 aromatic heterocycles. The summed E-state index contributed by atoms with van der Waals surface area (Å²) in [4.78, 5) is 24.5. The predicted octanol–water partition coefficient (Wildman–Crippen LogP) is 4.24. The molecule has 5 nitrogen and oxygen atoms in total. The Morgan fingerprint density at radius 1 is 1.12 bits per heavy atom. The molecule has 0 radical (unpaired) electrons. The number of nitrogens with one attached hydrogen (secondary N) is 2. The van der Waals surface area contributed by atoms with Crippen LogP contribution in [0, 0.1) is 5.92 Å². The highest BCUT2D eigenvalue weighted by molar-refractivity contribution is 9.10. The quantitative estimate of drug-likeness (QED) is 0.673. The summed E-state index contributed by atoms with van der Waals surface area (Å²) in [7, 11) is 0. The van der Waals surface area contributed by atoms with Gasteiger partial charge in [0.15, 0.2) is 0 Å². The number of ether oxygens (including phenoxy) is 1. The van der Waals surface area contributed by atoms with Crippen LogP contribution in [0.3, 0.4) is 0 Å². The predicted molar refractivity (Wildman–Crippen MR) is 106 cm³/mol. The highest BCUT2D eigenvalue weighted by Gasteiger charge is 2.13. The lowest BCUT2D eigenvalue weighted by Gasteiger charge is -2.13. The smallest absolute Gasteiger partial charge is 0.253 e. The molecular formula is C20H23BrN2O3. The summed E-state index contributed by atoms with van der Waals surface area (Å²) >= 11 is 3.37. The Balaban J connectivity index is 1.89. The second-order valence-electron chi connectivity index (χ2n) is 6.25. The third kappa shape index (κ3) is 6.52. The zero-order valence-electron chi connectivity index (χ0n) is 14.9. The maximum Gasteiger partial charge on any atom is 0.253 e. The fourth-order valence-corrected chi connectivity index (χ4v) is 2.59. The molecule has 6 heteroatoms. The van der Waals surface area contributed by atoms with Crippen LogP contribution in [-0.2, 0) is 4.79 Å². The molecule has 0 aliphatic carbocycles. The van der Waals surface area contributed by atoms with Crippen LogP contribution in [0.25, 0.3) is 0 Å². The molecule has 0 bridgehead atoms. The van der Waals surface area contributed by atoms with E-state index in [0.717, 1.165) is 4.47 Å². The minimum atomic E-state index is -0.205. The first-order valence-electron chi connectivity index (χ1n) is 8.51. The van der Waals surface area contributed by atoms with Gasteiger partial charge in [-0.1, -0.05) is 48.0 Å². The second kappa shape index (κ2) is 9.97. The third-order valence-corrected chi connectivity index (χ3v) is 4.00. The summed E-state index contributed by atoms with van der Waals surface area (Å²) in [6, 6.07) is 14.4. The molecule has 2 rings (SSSR count). The van der Waals surface area contributed by atoms with Crippen molar-refractivity contribution in [2.45, 2.75) is 20.3 Å². The van der Waals surface area contributed by atoms with Gasteiger partial charge in [-0.05, 0) is 36.2 Å². The molecule has 0 aliphatic rings. The number of carbonyl (C=O) groups excluding carboxylic acids is 2. The number of amides is 2. The summed E-state index contributed by atoms with van der Waals surface area (Å²) in [5, 5.41) is 5.65. The average molecular weight is 419 g/mol. The molecule has 2 amide bonds. The van der Waals surface area contributed by atoms with Crippen molar-refractivity contribution in [3.8, 4) is 5.75 Å². The van der Waals surface area contributed by atoms with Crippen LogP contribution in [0.1, 0.15) is 30.6 Å². The first-order chi connectivity index (χ1) is 12.5. The van der Waals surface area contributed by atoms with Crippen molar-refractivity contribution in [3.05, 3.63) is 58.6 Å². The normalized spacial score (nSPS) is 10.5. The van der Waals surface area contributed by atoms with Crippen molar-refractivity contribution in [2.24, 2.45) is 5.92 Å². The molecule has 0 aliphatic heterocycles. The maximum atomic E-state index is 12.3. The lowest BCUT2D eigenvalue weighted by Crippen LogP contribution is -2.28. The van der Waals surface area contributed by atoms with Gasteiger partial charge in [-0.25, -0.2) is 0 Å². The van der Waals surface area contributed by atoms with E-state index in [1.807, 2.05) is 38.1 Å². The second-order valence-corrected chi connectivity index (χ2v) is 7.17. The van der Waals surface area contributed by atoms with Gasteiger partial charge in [0.1, 0.15) is 5.75 Å². The molecule has 0 heterocycles. The van der Waals surface area contributed by atoms with E-state index < -0.39 is 0 Å². The van der Waals surface area contributed by atoms with Crippen LogP contribution in [0.5, 0.6) is 5.75 Å². The van der Waals surface area contributed by atoms with Gasteiger partial charge in [0.05, 0.1) is 24.3 Å². The highest BCUT2D eigenvalue weighted by atomic mass is 79.9. The fourth-order valence-electron chi connectivity index (χ4n) is 2.21. The zero-order valence-corrected chi connectivity index (χ0v) is 16.5. The summed E-state index contributed by atoms with van der Waals surface area (Å²) < 4.78 is 6.49. The van der Waals surface area contributed by atoms with E-state index in [0.29, 0.717) is 29.5 Å². The van der Waals surface area contributed by atoms with Gasteiger partial charge in [0, 0.05) is 11.0 Å². The van der Waals surface area contributed by atoms with E-state index in [9.17, 15) is 9.59 Å². The molecule has 0 saturated heterocycles. The summed E-state index contributed by atoms with van der Waals surface area (Å²) in [5.41, 5.74) is 0.954. The highest BCUT2D eigenvalue weighted by Crippen LogP contribution is 2.18. The summed E-state index contributed by atoms with van der Waals surface area (Å²) in [6.45, 7) is 4.89. The lowest BCUT2D eigenvalue weighted by molar-refractivity contribution is -0.116. The first-order valence-corrected chi connectivity index (χ1v) is 9.30. The number of carbonyl (C=O) groups is 2. The van der Waals surface area contributed by atoms with Gasteiger partial charge in [0.2, 0.25) is 5.91 Å². The molecule has 2 N–H and O–H groups in total. The van der Waals surface area contributed by atoms with Crippen molar-refractivity contribution >= 4 is 33.4 Å². The van der Waals surface area contributed by atoms with Gasteiger partial charge in [0.25, 0.3) is 5.91 Å². The standard InChI is InChI=1S/C20H23BrN2O3/c1-14(2)13-22-20(25)17-8-3-4-9-18(17)23-19(24)10-11-26-16-7-5-6-15(21)12-16/h3-9,12,14H,10-11,13H2,1-2H3,(H,22,25)(H,23,24). The number of rotatable bonds is 8. The fraction of sp³-hybridized carbons (Fsp3) is 0.300. The Bertz CT molecular complexity index is 762. The first kappa shape index (κ1) is 20.0. The number of hydrogen-bond donors (Lipinski definition) is 2. The molecule has 2 aromatic carbocycles. The Labute approximate surface area is 162 Å². The molecule has 0 saturated carbocycles. The van der Waals surface area contributed by atoms with Crippen LogP contribution < -0.4 is 15.4 Å². The van der Waals surface area contributed by atoms with Crippen molar-refractivity contribution < 1.29 is 14.3 Å². The summed E-state index contributed by atoms with van der Waals surface area (Å²) in [6.07, 6.45) is 0.189. The number of halogens is 1. The molecule has 0 unspecified atom stereocenters. The molecule has 0 atom stereocenters. The monoisotopic (exact) mass is 418 g/mol. The van der Waals surface area contributed by atoms with Gasteiger partial charge < -0.3 is 15.4 Å². The third-order valence-electron chi connectivity index (χ3n) is 3.51. The topological polar surface area (TPSA) is 67.4 Å². The Hall–Kier alpha value is -2.34. The van der Waals surface area contributed by atoms with Crippen LogP contribution >= 0.6 is 15.9 Å². The molecular weight excluding hydrogens is 396 g/mol. The van der Waals surface area contributed by atoms with Crippen molar-refractivity contribution in [3.63, 3.8) is 0 Å². The molecule has 0 fully saturated rings. The van der Waals surface area contributed by atoms with E-state index >= 15 is 0 Å². The molecule has 2 aromatic rings. The van der Waals surface area contributed by atoms with Crippen LogP contribution in [-0.4, -0.2) is 25.0 Å². The minimum Gasteiger partial charge on any atom is -0.493 e. The number of hydrogen-bond acceptors (Lipinski definition) is 3. The lowest BCUT2D eigenvalue weighted by atomic mass is 10.1. The van der Waals surface area contributed by atoms with Gasteiger partial charge in [-0.2, -0.15) is 0 Å². The minimum absolute atomic E-state index is 0.189. The zero-order chi connectivity index (χ0) is 18.9. The van der Waals surface area contributed by atoms with Gasteiger partial charge >= 0.3 is 0 Å². The van der Waals surface area contributed by atoms with E-state index in [4.69, 9.17) is 4.74 Å². The Kier molecular flexibility index (Phi) is 7.66. The number of anilines is 1. The van der Waals surface area contributed by atoms with E-state index in [-0.39, 0.29) is 24.8 Å². The van der Waals surface area contributed by atoms with Crippen LogP contribution in [0.15, 0.2) is 53.0 Å². The number of benzene rings is 2. The van der Waals surface area contributed by atoms with Gasteiger partial charge in [-0.3, -0.25) is 9.59 Å². The van der Waals surface area contributed by atoms with E-state index in [1.54, 1.807) is 24.3 Å². The van der Waals surface area contributed by atoms with Gasteiger partial charge in [-0.15, -0.1) is 0 Å². The van der Waals surface area contributed by atoms with E-state index in [1.165, 1.54) is 0 Å². The molecule has 0 spiro atoms. The molecule has 138 valence electrons. The SMILES string of the molecule is CC(C)CNC(=O)c1ccccc1NC(=O)CCOc1cccc(Br)c1. The summed E-state index contributed by atoms with van der Waals surface area (Å²) in [5.74, 6) is 0.653.